The van der Waals surface area contributed by atoms with E-state index in [1.165, 1.54) is 0 Å². The van der Waals surface area contributed by atoms with E-state index in [1.807, 2.05) is 59.7 Å². The van der Waals surface area contributed by atoms with Crippen molar-refractivity contribution in [1.82, 2.24) is 24.9 Å². The van der Waals surface area contributed by atoms with Gasteiger partial charge in [0.15, 0.2) is 0 Å². The molecule has 1 atom stereocenters. The van der Waals surface area contributed by atoms with Gasteiger partial charge in [0, 0.05) is 24.6 Å². The lowest BCUT2D eigenvalue weighted by molar-refractivity contribution is 0.0939. The largest absolute Gasteiger partial charge is 0.345 e. The summed E-state index contributed by atoms with van der Waals surface area (Å²) in [5, 5.41) is 11.7. The van der Waals surface area contributed by atoms with Crippen molar-refractivity contribution in [2.24, 2.45) is 0 Å². The molecule has 2 aromatic heterocycles. The maximum Gasteiger partial charge on any atom is 0.255 e. The number of rotatable bonds is 6. The number of carbonyl (C=O) groups excluding carboxylic acids is 1. The van der Waals surface area contributed by atoms with Crippen molar-refractivity contribution in [3.8, 4) is 5.69 Å². The number of aromatic nitrogens is 4. The number of nitrogens with zero attached hydrogens (tertiary/aromatic N) is 4. The molecular formula is C19H23N5O. The van der Waals surface area contributed by atoms with E-state index in [2.05, 4.69) is 22.4 Å². The first-order valence-corrected chi connectivity index (χ1v) is 8.54. The lowest BCUT2D eigenvalue weighted by atomic mass is 10.1. The highest BCUT2D eigenvalue weighted by Gasteiger charge is 2.18. The first kappa shape index (κ1) is 17.0. The van der Waals surface area contributed by atoms with Crippen molar-refractivity contribution < 1.29 is 4.79 Å². The third kappa shape index (κ3) is 3.47. The molecule has 0 radical (unpaired) electrons. The normalized spacial score (nSPS) is 12.1. The number of para-hydroxylation sites is 1. The fraction of sp³-hybridized carbons (Fsp3) is 0.316. The fourth-order valence-corrected chi connectivity index (χ4v) is 2.93. The second-order valence-corrected chi connectivity index (χ2v) is 6.07. The van der Waals surface area contributed by atoms with Crippen LogP contribution in [0.3, 0.4) is 0 Å². The van der Waals surface area contributed by atoms with Crippen molar-refractivity contribution >= 4 is 5.91 Å². The summed E-state index contributed by atoms with van der Waals surface area (Å²) in [6.45, 7) is 6.82. The molecule has 2 heterocycles. The molecule has 0 fully saturated rings. The molecular weight excluding hydrogens is 314 g/mol. The van der Waals surface area contributed by atoms with Crippen LogP contribution in [0.2, 0.25) is 0 Å². The number of carbonyl (C=O) groups is 1. The Balaban J connectivity index is 1.81. The van der Waals surface area contributed by atoms with Gasteiger partial charge in [-0.3, -0.25) is 9.48 Å². The van der Waals surface area contributed by atoms with E-state index in [0.717, 1.165) is 29.9 Å². The third-order valence-corrected chi connectivity index (χ3v) is 4.29. The lowest BCUT2D eigenvalue weighted by Gasteiger charge is -2.18. The predicted molar refractivity (Wildman–Crippen MR) is 96.7 cm³/mol. The Kier molecular flexibility index (Phi) is 4.97. The van der Waals surface area contributed by atoms with Crippen molar-refractivity contribution in [2.45, 2.75) is 39.8 Å². The number of hydrogen-bond acceptors (Lipinski definition) is 3. The zero-order valence-corrected chi connectivity index (χ0v) is 14.8. The molecule has 0 spiro atoms. The molecule has 0 saturated carbocycles. The maximum absolute atomic E-state index is 12.7. The molecule has 1 aromatic carbocycles. The Morgan fingerprint density at radius 1 is 1.24 bits per heavy atom. The molecule has 0 aliphatic carbocycles. The topological polar surface area (TPSA) is 64.7 Å². The summed E-state index contributed by atoms with van der Waals surface area (Å²) in [7, 11) is 0. The van der Waals surface area contributed by atoms with E-state index < -0.39 is 0 Å². The van der Waals surface area contributed by atoms with Gasteiger partial charge in [0.1, 0.15) is 0 Å². The molecule has 0 unspecified atom stereocenters. The quantitative estimate of drug-likeness (QED) is 0.751. The Hall–Kier alpha value is -2.89. The number of nitrogens with one attached hydrogen (secondary N) is 1. The van der Waals surface area contributed by atoms with Crippen molar-refractivity contribution in [2.75, 3.05) is 0 Å². The van der Waals surface area contributed by atoms with Crippen LogP contribution in [0.1, 0.15) is 47.9 Å². The molecule has 6 nitrogen and oxygen atoms in total. The summed E-state index contributed by atoms with van der Waals surface area (Å²) in [4.78, 5) is 12.7. The molecule has 130 valence electrons. The van der Waals surface area contributed by atoms with Crippen molar-refractivity contribution in [3.63, 3.8) is 0 Å². The summed E-state index contributed by atoms with van der Waals surface area (Å²) >= 11 is 0. The van der Waals surface area contributed by atoms with Crippen LogP contribution in [0, 0.1) is 6.92 Å². The Bertz CT molecular complexity index is 851. The minimum atomic E-state index is -0.151. The van der Waals surface area contributed by atoms with Gasteiger partial charge in [0.2, 0.25) is 0 Å². The van der Waals surface area contributed by atoms with Crippen LogP contribution in [0.5, 0.6) is 0 Å². The van der Waals surface area contributed by atoms with E-state index in [-0.39, 0.29) is 11.9 Å². The van der Waals surface area contributed by atoms with Crippen molar-refractivity contribution in [3.05, 3.63) is 65.7 Å². The van der Waals surface area contributed by atoms with Crippen LogP contribution in [-0.2, 0) is 6.54 Å². The van der Waals surface area contributed by atoms with Gasteiger partial charge in [-0.25, -0.2) is 4.68 Å². The molecule has 3 aromatic rings. The summed E-state index contributed by atoms with van der Waals surface area (Å²) < 4.78 is 3.68. The van der Waals surface area contributed by atoms with Crippen molar-refractivity contribution in [1.29, 1.82) is 0 Å². The molecule has 0 saturated heterocycles. The minimum absolute atomic E-state index is 0.109. The summed E-state index contributed by atoms with van der Waals surface area (Å²) in [5.74, 6) is -0.109. The average molecular weight is 337 g/mol. The van der Waals surface area contributed by atoms with Gasteiger partial charge in [-0.15, -0.1) is 0 Å². The van der Waals surface area contributed by atoms with Gasteiger partial charge in [-0.2, -0.15) is 10.2 Å². The molecule has 1 amide bonds. The predicted octanol–water partition coefficient (Wildman–Crippen LogP) is 3.28. The van der Waals surface area contributed by atoms with Crippen LogP contribution in [0.15, 0.2) is 48.9 Å². The minimum Gasteiger partial charge on any atom is -0.345 e. The average Bonchev–Trinajstić information content (AvgIpc) is 3.26. The van der Waals surface area contributed by atoms with Crippen LogP contribution >= 0.6 is 0 Å². The van der Waals surface area contributed by atoms with Crippen LogP contribution in [-0.4, -0.2) is 25.5 Å². The number of amides is 1. The van der Waals surface area contributed by atoms with E-state index in [1.54, 1.807) is 12.4 Å². The Labute approximate surface area is 147 Å². The highest BCUT2D eigenvalue weighted by molar-refractivity contribution is 5.95. The zero-order valence-electron chi connectivity index (χ0n) is 14.8. The highest BCUT2D eigenvalue weighted by Crippen LogP contribution is 2.21. The molecule has 0 aliphatic heterocycles. The number of hydrogen-bond donors (Lipinski definition) is 1. The van der Waals surface area contributed by atoms with Crippen LogP contribution in [0.25, 0.3) is 5.69 Å². The van der Waals surface area contributed by atoms with Gasteiger partial charge < -0.3 is 5.32 Å². The maximum atomic E-state index is 12.7. The molecule has 0 bridgehead atoms. The van der Waals surface area contributed by atoms with Gasteiger partial charge in [0.05, 0.1) is 23.5 Å². The summed E-state index contributed by atoms with van der Waals surface area (Å²) in [6.07, 6.45) is 6.27. The third-order valence-electron chi connectivity index (χ3n) is 4.29. The molecule has 3 rings (SSSR count). The summed E-state index contributed by atoms with van der Waals surface area (Å²) in [6, 6.07) is 9.67. The van der Waals surface area contributed by atoms with Gasteiger partial charge in [-0.05, 0) is 38.0 Å². The first-order chi connectivity index (χ1) is 12.1. The van der Waals surface area contributed by atoms with E-state index in [9.17, 15) is 4.79 Å². The monoisotopic (exact) mass is 337 g/mol. The molecule has 0 aliphatic rings. The van der Waals surface area contributed by atoms with Gasteiger partial charge >= 0.3 is 0 Å². The number of benzene rings is 1. The Morgan fingerprint density at radius 2 is 2.04 bits per heavy atom. The van der Waals surface area contributed by atoms with Gasteiger partial charge in [0.25, 0.3) is 5.91 Å². The SMILES string of the molecule is CCCn1ncc(C(=O)N[C@@H](C)c2ccccc2-n2cccn2)c1C. The Morgan fingerprint density at radius 3 is 2.76 bits per heavy atom. The lowest BCUT2D eigenvalue weighted by Crippen LogP contribution is -2.28. The fourth-order valence-electron chi connectivity index (χ4n) is 2.93. The molecule has 6 heteroatoms. The standard InChI is InChI=1S/C19H23N5O/c1-4-11-23-15(3)17(13-21-23)19(25)22-14(2)16-8-5-6-9-18(16)24-12-7-10-20-24/h5-10,12-14H,4,11H2,1-3H3,(H,22,25)/t14-/m0/s1. The second-order valence-electron chi connectivity index (χ2n) is 6.07. The van der Waals surface area contributed by atoms with Crippen LogP contribution < -0.4 is 5.32 Å². The second kappa shape index (κ2) is 7.34. The smallest absolute Gasteiger partial charge is 0.255 e. The van der Waals surface area contributed by atoms with E-state index >= 15 is 0 Å². The van der Waals surface area contributed by atoms with E-state index in [4.69, 9.17) is 0 Å². The van der Waals surface area contributed by atoms with Gasteiger partial charge in [-0.1, -0.05) is 25.1 Å². The highest BCUT2D eigenvalue weighted by atomic mass is 16.1. The zero-order chi connectivity index (χ0) is 17.8. The summed E-state index contributed by atoms with van der Waals surface area (Å²) in [5.41, 5.74) is 3.49. The van der Waals surface area contributed by atoms with E-state index in [0.29, 0.717) is 5.56 Å². The molecule has 25 heavy (non-hydrogen) atoms. The van der Waals surface area contributed by atoms with Crippen LogP contribution in [0.4, 0.5) is 0 Å². The molecule has 1 N–H and O–H groups in total. The number of aryl methyl sites for hydroxylation is 1. The first-order valence-electron chi connectivity index (χ1n) is 8.54.